The van der Waals surface area contributed by atoms with Gasteiger partial charge in [0.25, 0.3) is 0 Å². The second-order valence-electron chi connectivity index (χ2n) is 7.14. The Labute approximate surface area is 158 Å². The van der Waals surface area contributed by atoms with E-state index in [0.29, 0.717) is 5.88 Å². The summed E-state index contributed by atoms with van der Waals surface area (Å²) in [4.78, 5) is 15.1. The van der Waals surface area contributed by atoms with Gasteiger partial charge in [-0.05, 0) is 32.0 Å². The van der Waals surface area contributed by atoms with Crippen LogP contribution in [0.5, 0.6) is 5.88 Å². The fourth-order valence-electron chi connectivity index (χ4n) is 3.39. The van der Waals surface area contributed by atoms with Gasteiger partial charge in [0.1, 0.15) is 6.33 Å². The third-order valence-corrected chi connectivity index (χ3v) is 4.70. The fourth-order valence-corrected chi connectivity index (χ4v) is 3.39. The van der Waals surface area contributed by atoms with Gasteiger partial charge in [-0.1, -0.05) is 0 Å². The topological polar surface area (TPSA) is 72.2 Å². The molecule has 0 spiro atoms. The number of anilines is 1. The molecule has 0 aliphatic carbocycles. The van der Waals surface area contributed by atoms with Crippen molar-refractivity contribution in [3.05, 3.63) is 36.4 Å². The van der Waals surface area contributed by atoms with Crippen molar-refractivity contribution in [2.75, 3.05) is 31.1 Å². The van der Waals surface area contributed by atoms with Gasteiger partial charge in [0.15, 0.2) is 0 Å². The van der Waals surface area contributed by atoms with Crippen LogP contribution >= 0.6 is 0 Å². The summed E-state index contributed by atoms with van der Waals surface area (Å²) in [6, 6.07) is 6.32. The van der Waals surface area contributed by atoms with Gasteiger partial charge in [0.2, 0.25) is 5.88 Å². The second kappa shape index (κ2) is 7.48. The van der Waals surface area contributed by atoms with Crippen LogP contribution in [0.1, 0.15) is 19.5 Å². The number of rotatable bonds is 5. The van der Waals surface area contributed by atoms with Crippen LogP contribution in [0.2, 0.25) is 0 Å². The van der Waals surface area contributed by atoms with Gasteiger partial charge in [0, 0.05) is 45.5 Å². The Hall–Kier alpha value is -2.74. The van der Waals surface area contributed by atoms with Gasteiger partial charge in [-0.15, -0.1) is 0 Å². The molecule has 3 heterocycles. The smallest absolute Gasteiger partial charge is 0.224 e. The molecule has 1 aliphatic rings. The van der Waals surface area contributed by atoms with Crippen molar-refractivity contribution < 1.29 is 4.74 Å². The molecule has 0 unspecified atom stereocenters. The van der Waals surface area contributed by atoms with Crippen molar-refractivity contribution >= 4 is 16.6 Å². The zero-order valence-electron chi connectivity index (χ0n) is 16.0. The Morgan fingerprint density at radius 1 is 1.11 bits per heavy atom. The summed E-state index contributed by atoms with van der Waals surface area (Å²) in [5.41, 5.74) is 3.11. The number of fused-ring (bicyclic) bond motifs is 1. The van der Waals surface area contributed by atoms with Crippen molar-refractivity contribution in [3.63, 3.8) is 0 Å². The average molecular weight is 367 g/mol. The first-order valence-electron chi connectivity index (χ1n) is 9.32. The maximum absolute atomic E-state index is 5.86. The molecular formula is C19H25N7O. The maximum Gasteiger partial charge on any atom is 0.224 e. The summed E-state index contributed by atoms with van der Waals surface area (Å²) in [6.45, 7) is 8.80. The van der Waals surface area contributed by atoms with Gasteiger partial charge in [-0.2, -0.15) is 15.0 Å². The molecule has 4 rings (SSSR count). The molecule has 0 amide bonds. The Morgan fingerprint density at radius 3 is 2.63 bits per heavy atom. The quantitative estimate of drug-likeness (QED) is 0.682. The highest BCUT2D eigenvalue weighted by atomic mass is 16.5. The van der Waals surface area contributed by atoms with E-state index in [1.165, 1.54) is 5.69 Å². The molecule has 27 heavy (non-hydrogen) atoms. The number of aromatic nitrogens is 5. The molecule has 8 heteroatoms. The number of aryl methyl sites for hydroxylation is 1. The van der Waals surface area contributed by atoms with E-state index in [2.05, 4.69) is 42.1 Å². The molecule has 3 aromatic rings. The van der Waals surface area contributed by atoms with Crippen LogP contribution in [-0.2, 0) is 13.6 Å². The molecule has 1 fully saturated rings. The highest BCUT2D eigenvalue weighted by molar-refractivity contribution is 5.86. The van der Waals surface area contributed by atoms with Crippen LogP contribution in [-0.4, -0.2) is 62.1 Å². The SMILES string of the molecule is CC(C)Oc1ncnc2ccc(N3CCN(Cc4cnn(C)n4)CC3)cc12. The summed E-state index contributed by atoms with van der Waals surface area (Å²) in [5.74, 6) is 0.651. The van der Waals surface area contributed by atoms with Gasteiger partial charge >= 0.3 is 0 Å². The van der Waals surface area contributed by atoms with Crippen LogP contribution in [0.25, 0.3) is 10.9 Å². The van der Waals surface area contributed by atoms with Crippen LogP contribution in [0.15, 0.2) is 30.7 Å². The molecule has 0 radical (unpaired) electrons. The van der Waals surface area contributed by atoms with Crippen LogP contribution < -0.4 is 9.64 Å². The largest absolute Gasteiger partial charge is 0.474 e. The molecule has 0 atom stereocenters. The summed E-state index contributed by atoms with van der Waals surface area (Å²) in [5, 5.41) is 9.48. The lowest BCUT2D eigenvalue weighted by atomic mass is 10.2. The molecule has 0 bridgehead atoms. The van der Waals surface area contributed by atoms with E-state index in [1.807, 2.05) is 33.2 Å². The Balaban J connectivity index is 1.47. The third kappa shape index (κ3) is 4.00. The standard InChI is InChI=1S/C19H25N7O/c1-14(2)27-19-17-10-16(4-5-18(17)20-13-21-19)26-8-6-25(7-9-26)12-15-11-22-24(3)23-15/h4-5,10-11,13-14H,6-9,12H2,1-3H3. The lowest BCUT2D eigenvalue weighted by Crippen LogP contribution is -2.46. The Bertz CT molecular complexity index is 915. The van der Waals surface area contributed by atoms with E-state index in [9.17, 15) is 0 Å². The Kier molecular flexibility index (Phi) is 4.89. The van der Waals surface area contributed by atoms with Crippen molar-refractivity contribution in [1.29, 1.82) is 0 Å². The van der Waals surface area contributed by atoms with E-state index in [1.54, 1.807) is 11.1 Å². The second-order valence-corrected chi connectivity index (χ2v) is 7.14. The zero-order chi connectivity index (χ0) is 18.8. The van der Waals surface area contributed by atoms with Crippen molar-refractivity contribution in [3.8, 4) is 5.88 Å². The first kappa shape index (κ1) is 17.7. The summed E-state index contributed by atoms with van der Waals surface area (Å²) in [7, 11) is 1.85. The molecular weight excluding hydrogens is 342 g/mol. The number of benzene rings is 1. The summed E-state index contributed by atoms with van der Waals surface area (Å²) >= 11 is 0. The van der Waals surface area contributed by atoms with Crippen LogP contribution in [0.4, 0.5) is 5.69 Å². The summed E-state index contributed by atoms with van der Waals surface area (Å²) < 4.78 is 5.86. The zero-order valence-corrected chi connectivity index (χ0v) is 16.0. The Morgan fingerprint density at radius 2 is 1.93 bits per heavy atom. The number of hydrogen-bond donors (Lipinski definition) is 0. The number of nitrogens with zero attached hydrogens (tertiary/aromatic N) is 7. The van der Waals surface area contributed by atoms with Gasteiger partial charge in [-0.3, -0.25) is 4.90 Å². The highest BCUT2D eigenvalue weighted by Crippen LogP contribution is 2.28. The van der Waals surface area contributed by atoms with Gasteiger partial charge < -0.3 is 9.64 Å². The summed E-state index contributed by atoms with van der Waals surface area (Å²) in [6.07, 6.45) is 3.48. The molecule has 1 saturated heterocycles. The maximum atomic E-state index is 5.86. The minimum Gasteiger partial charge on any atom is -0.474 e. The van der Waals surface area contributed by atoms with E-state index in [-0.39, 0.29) is 6.10 Å². The molecule has 142 valence electrons. The van der Waals surface area contributed by atoms with Crippen molar-refractivity contribution in [1.82, 2.24) is 29.9 Å². The molecule has 8 nitrogen and oxygen atoms in total. The number of piperazine rings is 1. The normalized spacial score (nSPS) is 15.6. The van der Waals surface area contributed by atoms with E-state index < -0.39 is 0 Å². The highest BCUT2D eigenvalue weighted by Gasteiger charge is 2.19. The molecule has 0 N–H and O–H groups in total. The van der Waals surface area contributed by atoms with Crippen LogP contribution in [0, 0.1) is 0 Å². The van der Waals surface area contributed by atoms with Crippen LogP contribution in [0.3, 0.4) is 0 Å². The van der Waals surface area contributed by atoms with Crippen molar-refractivity contribution in [2.45, 2.75) is 26.5 Å². The molecule has 0 saturated carbocycles. The van der Waals surface area contributed by atoms with Gasteiger partial charge in [0.05, 0.1) is 28.9 Å². The predicted octanol–water partition coefficient (Wildman–Crippen LogP) is 1.87. The first-order valence-corrected chi connectivity index (χ1v) is 9.32. The van der Waals surface area contributed by atoms with E-state index in [0.717, 1.165) is 49.3 Å². The monoisotopic (exact) mass is 367 g/mol. The fraction of sp³-hybridized carbons (Fsp3) is 0.474. The number of hydrogen-bond acceptors (Lipinski definition) is 7. The third-order valence-electron chi connectivity index (χ3n) is 4.70. The lowest BCUT2D eigenvalue weighted by Gasteiger charge is -2.35. The first-order chi connectivity index (χ1) is 13.1. The minimum absolute atomic E-state index is 0.0800. The van der Waals surface area contributed by atoms with E-state index >= 15 is 0 Å². The molecule has 1 aromatic carbocycles. The molecule has 2 aromatic heterocycles. The van der Waals surface area contributed by atoms with Crippen molar-refractivity contribution in [2.24, 2.45) is 7.05 Å². The van der Waals surface area contributed by atoms with E-state index in [4.69, 9.17) is 4.74 Å². The minimum atomic E-state index is 0.0800. The lowest BCUT2D eigenvalue weighted by molar-refractivity contribution is 0.235. The molecule has 1 aliphatic heterocycles. The average Bonchev–Trinajstić information content (AvgIpc) is 3.07. The predicted molar refractivity (Wildman–Crippen MR) is 104 cm³/mol. The van der Waals surface area contributed by atoms with Gasteiger partial charge in [-0.25, -0.2) is 9.97 Å². The number of ether oxygens (including phenoxy) is 1.